The second kappa shape index (κ2) is 6.46. The summed E-state index contributed by atoms with van der Waals surface area (Å²) in [5.41, 5.74) is 1.97. The van der Waals surface area contributed by atoms with Crippen LogP contribution in [-0.2, 0) is 25.8 Å². The Hall–Kier alpha value is -1.97. The van der Waals surface area contributed by atoms with E-state index in [-0.39, 0.29) is 12.3 Å². The molecule has 0 N–H and O–H groups in total. The summed E-state index contributed by atoms with van der Waals surface area (Å²) >= 11 is 0. The van der Waals surface area contributed by atoms with Gasteiger partial charge in [0, 0.05) is 18.4 Å². The monoisotopic (exact) mass is 271 g/mol. The standard InChI is InChI=1S/C16H21N3O/c1-4-12-7-9-13(10-8-12)14(20)11-19-16(6-3)17-15(5-2)18-19/h7-10H,4-6,11H2,1-3H3. The Labute approximate surface area is 119 Å². The molecule has 1 aromatic heterocycles. The van der Waals surface area contributed by atoms with Gasteiger partial charge >= 0.3 is 0 Å². The molecular weight excluding hydrogens is 250 g/mol. The van der Waals surface area contributed by atoms with E-state index >= 15 is 0 Å². The molecule has 2 rings (SSSR count). The van der Waals surface area contributed by atoms with Crippen molar-refractivity contribution in [3.05, 3.63) is 47.0 Å². The molecule has 0 aliphatic rings. The van der Waals surface area contributed by atoms with Gasteiger partial charge in [-0.25, -0.2) is 9.67 Å². The smallest absolute Gasteiger partial charge is 0.184 e. The lowest BCUT2D eigenvalue weighted by molar-refractivity contribution is 0.0966. The number of nitrogens with zero attached hydrogens (tertiary/aromatic N) is 3. The number of benzene rings is 1. The Morgan fingerprint density at radius 1 is 1.05 bits per heavy atom. The highest BCUT2D eigenvalue weighted by atomic mass is 16.1. The van der Waals surface area contributed by atoms with Gasteiger partial charge in [0.25, 0.3) is 0 Å². The van der Waals surface area contributed by atoms with E-state index in [9.17, 15) is 4.79 Å². The molecule has 4 nitrogen and oxygen atoms in total. The number of carbonyl (C=O) groups is 1. The zero-order chi connectivity index (χ0) is 14.5. The molecule has 0 bridgehead atoms. The van der Waals surface area contributed by atoms with E-state index in [1.54, 1.807) is 4.68 Å². The molecule has 1 aromatic carbocycles. The summed E-state index contributed by atoms with van der Waals surface area (Å²) < 4.78 is 1.73. The number of hydrogen-bond acceptors (Lipinski definition) is 3. The van der Waals surface area contributed by atoms with Crippen LogP contribution in [0.5, 0.6) is 0 Å². The molecule has 0 aliphatic heterocycles. The number of rotatable bonds is 6. The van der Waals surface area contributed by atoms with Gasteiger partial charge in [-0.2, -0.15) is 5.10 Å². The summed E-state index contributed by atoms with van der Waals surface area (Å²) in [5, 5.41) is 4.38. The summed E-state index contributed by atoms with van der Waals surface area (Å²) in [6.07, 6.45) is 2.56. The maximum absolute atomic E-state index is 12.3. The SMILES string of the molecule is CCc1ccc(C(=O)Cn2nc(CC)nc2CC)cc1. The van der Waals surface area contributed by atoms with E-state index in [1.165, 1.54) is 5.56 Å². The van der Waals surface area contributed by atoms with Crippen molar-refractivity contribution >= 4 is 5.78 Å². The van der Waals surface area contributed by atoms with Crippen LogP contribution in [0.1, 0.15) is 48.3 Å². The van der Waals surface area contributed by atoms with Crippen LogP contribution in [0.3, 0.4) is 0 Å². The lowest BCUT2D eigenvalue weighted by Gasteiger charge is -2.05. The van der Waals surface area contributed by atoms with E-state index < -0.39 is 0 Å². The van der Waals surface area contributed by atoms with E-state index in [4.69, 9.17) is 0 Å². The van der Waals surface area contributed by atoms with Crippen molar-refractivity contribution in [1.82, 2.24) is 14.8 Å². The first kappa shape index (κ1) is 14.4. The number of Topliss-reactive ketones (excluding diaryl/α,β-unsaturated/α-hetero) is 1. The fourth-order valence-electron chi connectivity index (χ4n) is 2.12. The minimum Gasteiger partial charge on any atom is -0.292 e. The van der Waals surface area contributed by atoms with E-state index in [0.29, 0.717) is 0 Å². The fourth-order valence-corrected chi connectivity index (χ4v) is 2.12. The molecule has 4 heteroatoms. The summed E-state index contributed by atoms with van der Waals surface area (Å²) in [4.78, 5) is 16.7. The lowest BCUT2D eigenvalue weighted by atomic mass is 10.1. The van der Waals surface area contributed by atoms with Gasteiger partial charge < -0.3 is 0 Å². The van der Waals surface area contributed by atoms with E-state index in [2.05, 4.69) is 17.0 Å². The van der Waals surface area contributed by atoms with Crippen LogP contribution in [0.2, 0.25) is 0 Å². The highest BCUT2D eigenvalue weighted by Crippen LogP contribution is 2.08. The molecule has 0 aliphatic carbocycles. The average Bonchev–Trinajstić information content (AvgIpc) is 2.89. The van der Waals surface area contributed by atoms with Crippen LogP contribution in [0.4, 0.5) is 0 Å². The Balaban J connectivity index is 2.15. The molecule has 20 heavy (non-hydrogen) atoms. The maximum atomic E-state index is 12.3. The average molecular weight is 271 g/mol. The second-order valence-corrected chi connectivity index (χ2v) is 4.78. The second-order valence-electron chi connectivity index (χ2n) is 4.78. The third-order valence-electron chi connectivity index (χ3n) is 3.40. The molecule has 0 saturated carbocycles. The van der Waals surface area contributed by atoms with E-state index in [1.807, 2.05) is 38.1 Å². The number of hydrogen-bond donors (Lipinski definition) is 0. The van der Waals surface area contributed by atoms with Crippen LogP contribution >= 0.6 is 0 Å². The van der Waals surface area contributed by atoms with Crippen LogP contribution in [-0.4, -0.2) is 20.5 Å². The first-order chi connectivity index (χ1) is 9.67. The predicted octanol–water partition coefficient (Wildman–Crippen LogP) is 2.85. The fraction of sp³-hybridized carbons (Fsp3) is 0.438. The minimum absolute atomic E-state index is 0.0786. The maximum Gasteiger partial charge on any atom is 0.184 e. The highest BCUT2D eigenvalue weighted by molar-refractivity contribution is 5.95. The van der Waals surface area contributed by atoms with Crippen LogP contribution in [0.15, 0.2) is 24.3 Å². The summed E-state index contributed by atoms with van der Waals surface area (Å²) in [7, 11) is 0. The van der Waals surface area contributed by atoms with Crippen LogP contribution in [0, 0.1) is 0 Å². The molecule has 1 heterocycles. The van der Waals surface area contributed by atoms with Gasteiger partial charge in [-0.15, -0.1) is 0 Å². The molecule has 0 fully saturated rings. The molecule has 0 spiro atoms. The lowest BCUT2D eigenvalue weighted by Crippen LogP contribution is -2.14. The first-order valence-electron chi connectivity index (χ1n) is 7.22. The van der Waals surface area contributed by atoms with Gasteiger partial charge in [-0.05, 0) is 12.0 Å². The quantitative estimate of drug-likeness (QED) is 0.759. The molecular formula is C16H21N3O. The van der Waals surface area contributed by atoms with Crippen molar-refractivity contribution in [3.63, 3.8) is 0 Å². The van der Waals surface area contributed by atoms with Gasteiger partial charge in [-0.1, -0.05) is 45.0 Å². The minimum atomic E-state index is 0.0786. The largest absolute Gasteiger partial charge is 0.292 e. The van der Waals surface area contributed by atoms with Crippen molar-refractivity contribution in [2.45, 2.75) is 46.6 Å². The van der Waals surface area contributed by atoms with Crippen molar-refractivity contribution in [2.75, 3.05) is 0 Å². The number of ketones is 1. The highest BCUT2D eigenvalue weighted by Gasteiger charge is 2.12. The molecule has 0 amide bonds. The van der Waals surface area contributed by atoms with Crippen molar-refractivity contribution in [3.8, 4) is 0 Å². The Bertz CT molecular complexity index is 584. The molecule has 0 unspecified atom stereocenters. The molecule has 0 saturated heterocycles. The first-order valence-corrected chi connectivity index (χ1v) is 7.22. The third-order valence-corrected chi connectivity index (χ3v) is 3.40. The van der Waals surface area contributed by atoms with Gasteiger partial charge in [-0.3, -0.25) is 4.79 Å². The molecule has 2 aromatic rings. The zero-order valence-corrected chi connectivity index (χ0v) is 12.4. The Morgan fingerprint density at radius 3 is 2.30 bits per heavy atom. The summed E-state index contributed by atoms with van der Waals surface area (Å²) in [5.74, 6) is 1.76. The van der Waals surface area contributed by atoms with Gasteiger partial charge in [0.1, 0.15) is 12.4 Å². The molecule has 106 valence electrons. The zero-order valence-electron chi connectivity index (χ0n) is 12.4. The van der Waals surface area contributed by atoms with Crippen molar-refractivity contribution in [2.24, 2.45) is 0 Å². The number of carbonyl (C=O) groups excluding carboxylic acids is 1. The predicted molar refractivity (Wildman–Crippen MR) is 78.9 cm³/mol. The van der Waals surface area contributed by atoms with Crippen molar-refractivity contribution in [1.29, 1.82) is 0 Å². The Kier molecular flexibility index (Phi) is 4.66. The number of aryl methyl sites for hydroxylation is 3. The van der Waals surface area contributed by atoms with Crippen LogP contribution < -0.4 is 0 Å². The van der Waals surface area contributed by atoms with E-state index in [0.717, 1.165) is 36.5 Å². The summed E-state index contributed by atoms with van der Waals surface area (Å²) in [6.45, 7) is 6.42. The van der Waals surface area contributed by atoms with Gasteiger partial charge in [0.15, 0.2) is 11.6 Å². The third kappa shape index (κ3) is 3.13. The van der Waals surface area contributed by atoms with Crippen molar-refractivity contribution < 1.29 is 4.79 Å². The molecule has 0 radical (unpaired) electrons. The van der Waals surface area contributed by atoms with Crippen LogP contribution in [0.25, 0.3) is 0 Å². The topological polar surface area (TPSA) is 47.8 Å². The number of aromatic nitrogens is 3. The summed E-state index contributed by atoms with van der Waals surface area (Å²) in [6, 6.07) is 7.80. The van der Waals surface area contributed by atoms with Gasteiger partial charge in [0.05, 0.1) is 0 Å². The normalized spacial score (nSPS) is 10.8. The molecule has 0 atom stereocenters. The Morgan fingerprint density at radius 2 is 1.75 bits per heavy atom. The van der Waals surface area contributed by atoms with Gasteiger partial charge in [0.2, 0.25) is 0 Å².